The van der Waals surface area contributed by atoms with Crippen LogP contribution < -0.4 is 26.6 Å². The van der Waals surface area contributed by atoms with Gasteiger partial charge < -0.3 is 21.3 Å². The van der Waals surface area contributed by atoms with Crippen LogP contribution in [0.2, 0.25) is 0 Å². The normalized spacial score (nSPS) is 25.1. The molecule has 2 aromatic carbocycles. The van der Waals surface area contributed by atoms with Crippen molar-refractivity contribution in [2.24, 2.45) is 11.8 Å². The largest absolute Gasteiger partial charge is 0.355 e. The Hall–Kier alpha value is -3.39. The molecular formula is C23H27N5O3. The van der Waals surface area contributed by atoms with E-state index in [4.69, 9.17) is 0 Å². The predicted molar refractivity (Wildman–Crippen MR) is 117 cm³/mol. The van der Waals surface area contributed by atoms with E-state index in [1.54, 1.807) is 0 Å². The van der Waals surface area contributed by atoms with Crippen molar-refractivity contribution in [2.75, 3.05) is 11.9 Å². The summed E-state index contributed by atoms with van der Waals surface area (Å²) in [6.07, 6.45) is -0.504. The number of carbonyl (C=O) groups excluding carboxylic acids is 3. The van der Waals surface area contributed by atoms with Crippen molar-refractivity contribution in [3.8, 4) is 0 Å². The molecule has 2 heterocycles. The van der Waals surface area contributed by atoms with Gasteiger partial charge >= 0.3 is 0 Å². The van der Waals surface area contributed by atoms with E-state index >= 15 is 0 Å². The third kappa shape index (κ3) is 5.03. The second kappa shape index (κ2) is 9.18. The highest BCUT2D eigenvalue weighted by Gasteiger charge is 2.48. The van der Waals surface area contributed by atoms with Crippen LogP contribution in [-0.4, -0.2) is 36.7 Å². The summed E-state index contributed by atoms with van der Waals surface area (Å²) < 4.78 is 0. The van der Waals surface area contributed by atoms with Crippen LogP contribution in [0.5, 0.6) is 0 Å². The Morgan fingerprint density at radius 2 is 1.77 bits per heavy atom. The Bertz CT molecular complexity index is 947. The van der Waals surface area contributed by atoms with Gasteiger partial charge in [-0.05, 0) is 31.0 Å². The fraction of sp³-hybridized carbons (Fsp3) is 0.348. The first-order valence-corrected chi connectivity index (χ1v) is 10.5. The summed E-state index contributed by atoms with van der Waals surface area (Å²) in [5.74, 6) is -2.19. The van der Waals surface area contributed by atoms with Gasteiger partial charge in [0.2, 0.25) is 17.7 Å². The maximum absolute atomic E-state index is 12.9. The smallest absolute Gasteiger partial charge is 0.229 e. The predicted octanol–water partition coefficient (Wildman–Crippen LogP) is 0.847. The minimum atomic E-state index is -0.720. The highest BCUT2D eigenvalue weighted by atomic mass is 16.2. The molecule has 0 spiro atoms. The Balaban J connectivity index is 1.38. The molecule has 4 unspecified atom stereocenters. The number of benzene rings is 2. The summed E-state index contributed by atoms with van der Waals surface area (Å²) in [6, 6.07) is 17.6. The number of rotatable bonds is 6. The summed E-state index contributed by atoms with van der Waals surface area (Å²) in [6.45, 7) is 2.45. The molecule has 0 bridgehead atoms. The van der Waals surface area contributed by atoms with E-state index in [0.29, 0.717) is 13.0 Å². The van der Waals surface area contributed by atoms with Crippen molar-refractivity contribution in [1.82, 2.24) is 21.3 Å². The highest BCUT2D eigenvalue weighted by Crippen LogP contribution is 2.27. The Morgan fingerprint density at radius 1 is 1.03 bits per heavy atom. The summed E-state index contributed by atoms with van der Waals surface area (Å²) in [7, 11) is 0. The summed E-state index contributed by atoms with van der Waals surface area (Å²) >= 11 is 0. The van der Waals surface area contributed by atoms with Crippen molar-refractivity contribution in [2.45, 2.75) is 32.2 Å². The molecule has 31 heavy (non-hydrogen) atoms. The van der Waals surface area contributed by atoms with Gasteiger partial charge in [-0.25, -0.2) is 0 Å². The van der Waals surface area contributed by atoms with E-state index in [1.807, 2.05) is 61.5 Å². The number of amides is 3. The topological polar surface area (TPSA) is 111 Å². The monoisotopic (exact) mass is 421 g/mol. The average molecular weight is 422 g/mol. The third-order valence-electron chi connectivity index (χ3n) is 5.71. The van der Waals surface area contributed by atoms with E-state index in [-0.39, 0.29) is 24.1 Å². The molecule has 4 atom stereocenters. The zero-order valence-electron chi connectivity index (χ0n) is 17.4. The minimum absolute atomic E-state index is 0.0104. The molecule has 2 saturated heterocycles. The summed E-state index contributed by atoms with van der Waals surface area (Å²) in [5, 5.41) is 14.9. The van der Waals surface area contributed by atoms with E-state index < -0.39 is 24.3 Å². The molecule has 2 fully saturated rings. The van der Waals surface area contributed by atoms with Gasteiger partial charge in [0, 0.05) is 18.7 Å². The molecule has 2 aliphatic rings. The van der Waals surface area contributed by atoms with Crippen LogP contribution in [0, 0.1) is 18.8 Å². The molecule has 162 valence electrons. The molecule has 0 aliphatic carbocycles. The second-order valence-corrected chi connectivity index (χ2v) is 8.03. The van der Waals surface area contributed by atoms with E-state index in [2.05, 4.69) is 26.6 Å². The molecule has 0 radical (unpaired) electrons. The molecule has 8 heteroatoms. The zero-order chi connectivity index (χ0) is 21.8. The van der Waals surface area contributed by atoms with Gasteiger partial charge in [0.05, 0.1) is 18.0 Å². The molecule has 4 rings (SSSR count). The van der Waals surface area contributed by atoms with E-state index in [1.165, 1.54) is 0 Å². The van der Waals surface area contributed by atoms with Gasteiger partial charge in [-0.1, -0.05) is 48.0 Å². The van der Waals surface area contributed by atoms with Crippen molar-refractivity contribution in [1.29, 1.82) is 0 Å². The fourth-order valence-corrected chi connectivity index (χ4v) is 4.08. The lowest BCUT2D eigenvalue weighted by Crippen LogP contribution is -2.72. The molecule has 5 N–H and O–H groups in total. The first kappa shape index (κ1) is 20.9. The average Bonchev–Trinajstić information content (AvgIpc) is 2.75. The number of hydrogen-bond acceptors (Lipinski definition) is 5. The number of anilines is 1. The summed E-state index contributed by atoms with van der Waals surface area (Å²) in [4.78, 5) is 38.0. The van der Waals surface area contributed by atoms with Crippen LogP contribution in [0.1, 0.15) is 17.5 Å². The SMILES string of the molecule is Cc1ccc(NC2NC(=O)C3C(NC(=O)CC3C(=O)NCCc3ccccc3)N2)cc1. The molecule has 2 aromatic rings. The maximum Gasteiger partial charge on any atom is 0.229 e. The van der Waals surface area contributed by atoms with Crippen molar-refractivity contribution in [3.63, 3.8) is 0 Å². The lowest BCUT2D eigenvalue weighted by Gasteiger charge is -2.43. The highest BCUT2D eigenvalue weighted by molar-refractivity contribution is 5.94. The first-order valence-electron chi connectivity index (χ1n) is 10.5. The van der Waals surface area contributed by atoms with Crippen LogP contribution >= 0.6 is 0 Å². The van der Waals surface area contributed by atoms with Gasteiger partial charge in [-0.2, -0.15) is 0 Å². The van der Waals surface area contributed by atoms with Gasteiger partial charge in [0.25, 0.3) is 0 Å². The fourth-order valence-electron chi connectivity index (χ4n) is 4.08. The van der Waals surface area contributed by atoms with E-state index in [9.17, 15) is 14.4 Å². The molecule has 3 amide bonds. The van der Waals surface area contributed by atoms with Crippen LogP contribution in [-0.2, 0) is 20.8 Å². The molecule has 0 aromatic heterocycles. The lowest BCUT2D eigenvalue weighted by atomic mass is 9.81. The molecule has 8 nitrogen and oxygen atoms in total. The Morgan fingerprint density at radius 3 is 2.52 bits per heavy atom. The Labute approximate surface area is 181 Å². The summed E-state index contributed by atoms with van der Waals surface area (Å²) in [5.41, 5.74) is 3.08. The lowest BCUT2D eigenvalue weighted by molar-refractivity contribution is -0.146. The van der Waals surface area contributed by atoms with Crippen LogP contribution in [0.25, 0.3) is 0 Å². The minimum Gasteiger partial charge on any atom is -0.355 e. The molecule has 2 aliphatic heterocycles. The number of piperidine rings is 1. The molecular weight excluding hydrogens is 394 g/mol. The number of aryl methyl sites for hydroxylation is 1. The number of carbonyl (C=O) groups is 3. The third-order valence-corrected chi connectivity index (χ3v) is 5.71. The first-order chi connectivity index (χ1) is 15.0. The Kier molecular flexibility index (Phi) is 6.18. The van der Waals surface area contributed by atoms with Gasteiger partial charge in [-0.15, -0.1) is 0 Å². The standard InChI is InChI=1S/C23H27N5O3/c1-14-7-9-16(10-8-14)25-23-27-20-19(22(31)28-23)17(13-18(29)26-20)21(30)24-12-11-15-5-3-2-4-6-15/h2-10,17,19-20,23,25,27H,11-13H2,1H3,(H,24,30)(H,26,29)(H,28,31). The zero-order valence-corrected chi connectivity index (χ0v) is 17.4. The van der Waals surface area contributed by atoms with Crippen LogP contribution in [0.15, 0.2) is 54.6 Å². The van der Waals surface area contributed by atoms with Crippen LogP contribution in [0.3, 0.4) is 0 Å². The van der Waals surface area contributed by atoms with Gasteiger partial charge in [0.1, 0.15) is 0 Å². The van der Waals surface area contributed by atoms with Gasteiger partial charge in [-0.3, -0.25) is 19.7 Å². The van der Waals surface area contributed by atoms with Crippen molar-refractivity contribution in [3.05, 3.63) is 65.7 Å². The van der Waals surface area contributed by atoms with Crippen molar-refractivity contribution >= 4 is 23.4 Å². The van der Waals surface area contributed by atoms with Gasteiger partial charge in [0.15, 0.2) is 6.29 Å². The molecule has 0 saturated carbocycles. The van der Waals surface area contributed by atoms with E-state index in [0.717, 1.165) is 16.8 Å². The second-order valence-electron chi connectivity index (χ2n) is 8.03. The number of fused-ring (bicyclic) bond motifs is 1. The van der Waals surface area contributed by atoms with Crippen LogP contribution in [0.4, 0.5) is 5.69 Å². The quantitative estimate of drug-likeness (QED) is 0.475. The van der Waals surface area contributed by atoms with Crippen molar-refractivity contribution < 1.29 is 14.4 Å². The number of nitrogens with one attached hydrogen (secondary N) is 5. The maximum atomic E-state index is 12.9. The number of hydrogen-bond donors (Lipinski definition) is 5.